The quantitative estimate of drug-likeness (QED) is 0.383. The maximum Gasteiger partial charge on any atom is 0.231 e. The zero-order valence-corrected chi connectivity index (χ0v) is 17.8. The highest BCUT2D eigenvalue weighted by molar-refractivity contribution is 14.0. The van der Waals surface area contributed by atoms with E-state index in [4.69, 9.17) is 13.9 Å². The van der Waals surface area contributed by atoms with E-state index in [0.717, 1.165) is 54.1 Å². The standard InChI is InChI=1S/C19H25N3O3.HI/c1-4-20-19(22-11-16-9-13(2)25-14(16)3)21-8-7-15-5-6-17-18(10-15)24-12-23-17;/h5-6,9-10H,4,7-8,11-12H2,1-3H3,(H2,20,21,22);1H. The Morgan fingerprint density at radius 1 is 1.12 bits per heavy atom. The summed E-state index contributed by atoms with van der Waals surface area (Å²) < 4.78 is 16.3. The van der Waals surface area contributed by atoms with E-state index in [1.54, 1.807) is 0 Å². The highest BCUT2D eigenvalue weighted by atomic mass is 127. The lowest BCUT2D eigenvalue weighted by Crippen LogP contribution is -2.38. The summed E-state index contributed by atoms with van der Waals surface area (Å²) in [5.41, 5.74) is 2.32. The molecule has 2 N–H and O–H groups in total. The lowest BCUT2D eigenvalue weighted by Gasteiger charge is -2.11. The molecule has 1 aliphatic heterocycles. The number of hydrogen-bond acceptors (Lipinski definition) is 4. The molecule has 1 aromatic heterocycles. The van der Waals surface area contributed by atoms with Gasteiger partial charge in [-0.05, 0) is 51.0 Å². The smallest absolute Gasteiger partial charge is 0.231 e. The van der Waals surface area contributed by atoms with Gasteiger partial charge in [0, 0.05) is 18.7 Å². The normalized spacial score (nSPS) is 12.7. The first-order valence-electron chi connectivity index (χ1n) is 8.62. The van der Waals surface area contributed by atoms with Crippen LogP contribution in [0.5, 0.6) is 11.5 Å². The van der Waals surface area contributed by atoms with Crippen LogP contribution in [0.25, 0.3) is 0 Å². The Morgan fingerprint density at radius 3 is 2.65 bits per heavy atom. The predicted octanol–water partition coefficient (Wildman–Crippen LogP) is 3.54. The molecule has 0 amide bonds. The minimum absolute atomic E-state index is 0. The maximum absolute atomic E-state index is 5.55. The average Bonchev–Trinajstić information content (AvgIpc) is 3.18. The lowest BCUT2D eigenvalue weighted by molar-refractivity contribution is 0.174. The Bertz CT molecular complexity index is 758. The number of guanidine groups is 1. The summed E-state index contributed by atoms with van der Waals surface area (Å²) in [6.07, 6.45) is 0.880. The fraction of sp³-hybridized carbons (Fsp3) is 0.421. The van der Waals surface area contributed by atoms with Gasteiger partial charge in [0.05, 0.1) is 6.54 Å². The molecular formula is C19H26IN3O3. The van der Waals surface area contributed by atoms with E-state index in [2.05, 4.69) is 28.6 Å². The highest BCUT2D eigenvalue weighted by Gasteiger charge is 2.13. The number of nitrogens with zero attached hydrogens (tertiary/aromatic N) is 1. The average molecular weight is 471 g/mol. The first-order chi connectivity index (χ1) is 12.2. The monoisotopic (exact) mass is 471 g/mol. The third kappa shape index (κ3) is 5.30. The summed E-state index contributed by atoms with van der Waals surface area (Å²) in [6, 6.07) is 8.10. The van der Waals surface area contributed by atoms with Crippen LogP contribution in [-0.2, 0) is 13.0 Å². The topological polar surface area (TPSA) is 68.0 Å². The molecule has 0 spiro atoms. The van der Waals surface area contributed by atoms with Crippen LogP contribution in [-0.4, -0.2) is 25.8 Å². The van der Waals surface area contributed by atoms with Crippen molar-refractivity contribution in [3.63, 3.8) is 0 Å². The molecule has 26 heavy (non-hydrogen) atoms. The van der Waals surface area contributed by atoms with Gasteiger partial charge in [-0.25, -0.2) is 4.99 Å². The summed E-state index contributed by atoms with van der Waals surface area (Å²) in [7, 11) is 0. The molecule has 6 nitrogen and oxygen atoms in total. The third-order valence-electron chi connectivity index (χ3n) is 4.04. The van der Waals surface area contributed by atoms with E-state index >= 15 is 0 Å². The zero-order chi connectivity index (χ0) is 17.6. The van der Waals surface area contributed by atoms with Crippen molar-refractivity contribution in [3.8, 4) is 11.5 Å². The fourth-order valence-electron chi connectivity index (χ4n) is 2.77. The van der Waals surface area contributed by atoms with Gasteiger partial charge in [0.2, 0.25) is 6.79 Å². The number of hydrogen-bond donors (Lipinski definition) is 2. The van der Waals surface area contributed by atoms with E-state index in [1.165, 1.54) is 5.56 Å². The molecule has 0 fully saturated rings. The van der Waals surface area contributed by atoms with Crippen molar-refractivity contribution in [3.05, 3.63) is 46.9 Å². The van der Waals surface area contributed by atoms with Crippen LogP contribution in [0.2, 0.25) is 0 Å². The Morgan fingerprint density at radius 2 is 1.92 bits per heavy atom. The summed E-state index contributed by atoms with van der Waals surface area (Å²) in [6.45, 7) is 8.49. The Balaban J connectivity index is 0.00000243. The van der Waals surface area contributed by atoms with Gasteiger partial charge >= 0.3 is 0 Å². The first kappa shape index (κ1) is 20.4. The molecular weight excluding hydrogens is 445 g/mol. The number of aryl methyl sites for hydroxylation is 2. The summed E-state index contributed by atoms with van der Waals surface area (Å²) >= 11 is 0. The molecule has 1 aliphatic rings. The number of halogens is 1. The molecule has 3 rings (SSSR count). The molecule has 0 bridgehead atoms. The first-order valence-corrected chi connectivity index (χ1v) is 8.62. The van der Waals surface area contributed by atoms with Gasteiger partial charge in [-0.1, -0.05) is 6.07 Å². The Hall–Kier alpha value is -1.90. The van der Waals surface area contributed by atoms with Crippen molar-refractivity contribution in [1.82, 2.24) is 10.6 Å². The van der Waals surface area contributed by atoms with E-state index in [-0.39, 0.29) is 24.0 Å². The highest BCUT2D eigenvalue weighted by Crippen LogP contribution is 2.32. The molecule has 142 valence electrons. The number of rotatable bonds is 6. The Kier molecular flexibility index (Phi) is 7.62. The molecule has 2 heterocycles. The van der Waals surface area contributed by atoms with Gasteiger partial charge < -0.3 is 24.5 Å². The molecule has 7 heteroatoms. The van der Waals surface area contributed by atoms with Crippen LogP contribution >= 0.6 is 24.0 Å². The fourth-order valence-corrected chi connectivity index (χ4v) is 2.77. The van der Waals surface area contributed by atoms with Crippen molar-refractivity contribution < 1.29 is 13.9 Å². The lowest BCUT2D eigenvalue weighted by atomic mass is 10.1. The summed E-state index contributed by atoms with van der Waals surface area (Å²) in [5.74, 6) is 4.30. The maximum atomic E-state index is 5.55. The molecule has 0 atom stereocenters. The van der Waals surface area contributed by atoms with Crippen molar-refractivity contribution in [2.45, 2.75) is 33.7 Å². The van der Waals surface area contributed by atoms with Crippen LogP contribution in [0.4, 0.5) is 0 Å². The van der Waals surface area contributed by atoms with Crippen molar-refractivity contribution in [2.24, 2.45) is 4.99 Å². The summed E-state index contributed by atoms with van der Waals surface area (Å²) in [5, 5.41) is 6.64. The SMILES string of the molecule is CCNC(=NCc1cc(C)oc1C)NCCc1ccc2c(c1)OCO2.I. The molecule has 0 unspecified atom stereocenters. The zero-order valence-electron chi connectivity index (χ0n) is 15.4. The second-order valence-electron chi connectivity index (χ2n) is 6.00. The van der Waals surface area contributed by atoms with E-state index in [0.29, 0.717) is 13.3 Å². The van der Waals surface area contributed by atoms with Gasteiger partial charge in [-0.15, -0.1) is 24.0 Å². The minimum atomic E-state index is 0. The second-order valence-corrected chi connectivity index (χ2v) is 6.00. The van der Waals surface area contributed by atoms with Crippen molar-refractivity contribution >= 4 is 29.9 Å². The molecule has 0 saturated carbocycles. The molecule has 0 aliphatic carbocycles. The van der Waals surface area contributed by atoms with Gasteiger partial charge in [-0.2, -0.15) is 0 Å². The second kappa shape index (κ2) is 9.70. The van der Waals surface area contributed by atoms with Gasteiger partial charge in [-0.3, -0.25) is 0 Å². The van der Waals surface area contributed by atoms with Crippen LogP contribution in [0.15, 0.2) is 33.7 Å². The number of aliphatic imine (C=N–C) groups is 1. The molecule has 0 saturated heterocycles. The largest absolute Gasteiger partial charge is 0.466 e. The minimum Gasteiger partial charge on any atom is -0.466 e. The van der Waals surface area contributed by atoms with Crippen LogP contribution in [0, 0.1) is 13.8 Å². The molecule has 2 aromatic rings. The van der Waals surface area contributed by atoms with Crippen LogP contribution < -0.4 is 20.1 Å². The summed E-state index contributed by atoms with van der Waals surface area (Å²) in [4.78, 5) is 4.64. The van der Waals surface area contributed by atoms with Crippen molar-refractivity contribution in [2.75, 3.05) is 19.9 Å². The van der Waals surface area contributed by atoms with Gasteiger partial charge in [0.25, 0.3) is 0 Å². The number of benzene rings is 1. The number of furan rings is 1. The number of nitrogens with one attached hydrogen (secondary N) is 2. The third-order valence-corrected chi connectivity index (χ3v) is 4.04. The number of ether oxygens (including phenoxy) is 2. The predicted molar refractivity (Wildman–Crippen MR) is 113 cm³/mol. The van der Waals surface area contributed by atoms with Gasteiger partial charge in [0.15, 0.2) is 17.5 Å². The van der Waals surface area contributed by atoms with E-state index in [1.807, 2.05) is 32.0 Å². The van der Waals surface area contributed by atoms with Gasteiger partial charge in [0.1, 0.15) is 11.5 Å². The van der Waals surface area contributed by atoms with Crippen LogP contribution in [0.3, 0.4) is 0 Å². The Labute approximate surface area is 171 Å². The molecule has 0 radical (unpaired) electrons. The van der Waals surface area contributed by atoms with Crippen LogP contribution in [0.1, 0.15) is 29.6 Å². The number of fused-ring (bicyclic) bond motifs is 1. The van der Waals surface area contributed by atoms with Crippen molar-refractivity contribution in [1.29, 1.82) is 0 Å². The van der Waals surface area contributed by atoms with E-state index in [9.17, 15) is 0 Å². The van der Waals surface area contributed by atoms with E-state index < -0.39 is 0 Å². The molecule has 1 aromatic carbocycles.